The Hall–Kier alpha value is -1.11. The summed E-state index contributed by atoms with van der Waals surface area (Å²) in [5, 5.41) is 2.15. The number of alkyl halides is 1. The summed E-state index contributed by atoms with van der Waals surface area (Å²) in [6.45, 7) is 3.11. The molecule has 0 heterocycles. The van der Waals surface area contributed by atoms with Crippen LogP contribution in [0.25, 0.3) is 0 Å². The smallest absolute Gasteiger partial charge is 0.226 e. The number of sulfonamides is 1. The molecule has 1 aromatic carbocycles. The SMILES string of the molecule is CC(=O)Nc1cccc(C(C)NS(=O)(=O)CCl)c1. The Morgan fingerprint density at radius 1 is 1.44 bits per heavy atom. The lowest BCUT2D eigenvalue weighted by molar-refractivity contribution is -0.114. The molecular weight excluding hydrogens is 276 g/mol. The molecule has 5 nitrogen and oxygen atoms in total. The van der Waals surface area contributed by atoms with Gasteiger partial charge in [-0.2, -0.15) is 0 Å². The molecule has 0 radical (unpaired) electrons. The van der Waals surface area contributed by atoms with Gasteiger partial charge in [-0.15, -0.1) is 11.6 Å². The molecule has 0 aromatic heterocycles. The van der Waals surface area contributed by atoms with Crippen LogP contribution in [-0.4, -0.2) is 19.5 Å². The van der Waals surface area contributed by atoms with Crippen LogP contribution in [0.2, 0.25) is 0 Å². The highest BCUT2D eigenvalue weighted by Crippen LogP contribution is 2.18. The number of amides is 1. The molecule has 7 heteroatoms. The number of carbonyl (C=O) groups is 1. The minimum absolute atomic E-state index is 0.179. The Morgan fingerprint density at radius 2 is 2.11 bits per heavy atom. The summed E-state index contributed by atoms with van der Waals surface area (Å²) in [5.74, 6) is -0.179. The second-order valence-electron chi connectivity index (χ2n) is 3.87. The van der Waals surface area contributed by atoms with Gasteiger partial charge < -0.3 is 5.32 Å². The molecule has 0 saturated heterocycles. The van der Waals surface area contributed by atoms with E-state index >= 15 is 0 Å². The van der Waals surface area contributed by atoms with Crippen molar-refractivity contribution in [2.45, 2.75) is 19.9 Å². The molecule has 0 aliphatic rings. The summed E-state index contributed by atoms with van der Waals surface area (Å²) < 4.78 is 25.1. The summed E-state index contributed by atoms with van der Waals surface area (Å²) in [4.78, 5) is 10.9. The maximum atomic E-state index is 11.3. The lowest BCUT2D eigenvalue weighted by atomic mass is 10.1. The number of anilines is 1. The standard InChI is InChI=1S/C11H15ClN2O3S/c1-8(14-18(16,17)7-12)10-4-3-5-11(6-10)13-9(2)15/h3-6,8,14H,7H2,1-2H3,(H,13,15). The van der Waals surface area contributed by atoms with E-state index in [-0.39, 0.29) is 5.91 Å². The predicted molar refractivity (Wildman–Crippen MR) is 71.9 cm³/mol. The first kappa shape index (κ1) is 14.9. The molecule has 1 aromatic rings. The van der Waals surface area contributed by atoms with E-state index in [1.807, 2.05) is 0 Å². The van der Waals surface area contributed by atoms with E-state index in [4.69, 9.17) is 11.6 Å². The van der Waals surface area contributed by atoms with E-state index in [1.54, 1.807) is 31.2 Å². The van der Waals surface area contributed by atoms with E-state index in [9.17, 15) is 13.2 Å². The van der Waals surface area contributed by atoms with Gasteiger partial charge in [0.15, 0.2) is 0 Å². The fourth-order valence-electron chi connectivity index (χ4n) is 1.46. The molecule has 0 aliphatic heterocycles. The van der Waals surface area contributed by atoms with Gasteiger partial charge in [0, 0.05) is 18.7 Å². The van der Waals surface area contributed by atoms with Crippen LogP contribution in [0.4, 0.5) is 5.69 Å². The largest absolute Gasteiger partial charge is 0.326 e. The van der Waals surface area contributed by atoms with Gasteiger partial charge in [-0.05, 0) is 24.6 Å². The molecule has 1 amide bonds. The van der Waals surface area contributed by atoms with Crippen LogP contribution in [0.3, 0.4) is 0 Å². The number of nitrogens with one attached hydrogen (secondary N) is 2. The first-order valence-electron chi connectivity index (χ1n) is 5.27. The van der Waals surface area contributed by atoms with Crippen LogP contribution in [0.1, 0.15) is 25.5 Å². The Labute approximate surface area is 112 Å². The Kier molecular flexibility index (Phi) is 5.13. The van der Waals surface area contributed by atoms with Crippen molar-refractivity contribution >= 4 is 33.2 Å². The first-order chi connectivity index (χ1) is 8.34. The maximum Gasteiger partial charge on any atom is 0.226 e. The Balaban J connectivity index is 2.86. The number of hydrogen-bond donors (Lipinski definition) is 2. The van der Waals surface area contributed by atoms with Crippen LogP contribution >= 0.6 is 11.6 Å². The zero-order valence-corrected chi connectivity index (χ0v) is 11.7. The van der Waals surface area contributed by atoms with Gasteiger partial charge in [-0.25, -0.2) is 13.1 Å². The summed E-state index contributed by atoms with van der Waals surface area (Å²) in [5.41, 5.74) is 1.37. The van der Waals surface area contributed by atoms with Crippen molar-refractivity contribution in [1.82, 2.24) is 4.72 Å². The van der Waals surface area contributed by atoms with Crippen LogP contribution in [0.15, 0.2) is 24.3 Å². The molecule has 0 bridgehead atoms. The monoisotopic (exact) mass is 290 g/mol. The quantitative estimate of drug-likeness (QED) is 0.812. The van der Waals surface area contributed by atoms with Gasteiger partial charge in [0.05, 0.1) is 0 Å². The average molecular weight is 291 g/mol. The second-order valence-corrected chi connectivity index (χ2v) is 6.21. The molecule has 0 fully saturated rings. The molecule has 100 valence electrons. The van der Waals surface area contributed by atoms with E-state index in [1.165, 1.54) is 6.92 Å². The van der Waals surface area contributed by atoms with Crippen LogP contribution in [-0.2, 0) is 14.8 Å². The third kappa shape index (κ3) is 4.64. The van der Waals surface area contributed by atoms with E-state index in [0.29, 0.717) is 5.69 Å². The Bertz CT molecular complexity index is 531. The first-order valence-corrected chi connectivity index (χ1v) is 7.46. The van der Waals surface area contributed by atoms with Crippen molar-refractivity contribution in [2.75, 3.05) is 10.5 Å². The zero-order chi connectivity index (χ0) is 13.8. The lowest BCUT2D eigenvalue weighted by Crippen LogP contribution is -2.27. The molecule has 2 N–H and O–H groups in total. The highest BCUT2D eigenvalue weighted by atomic mass is 35.5. The van der Waals surface area contributed by atoms with Crippen molar-refractivity contribution in [1.29, 1.82) is 0 Å². The highest BCUT2D eigenvalue weighted by Gasteiger charge is 2.14. The second kappa shape index (κ2) is 6.17. The molecule has 1 atom stereocenters. The van der Waals surface area contributed by atoms with Crippen LogP contribution in [0, 0.1) is 0 Å². The number of rotatable bonds is 5. The van der Waals surface area contributed by atoms with E-state index in [0.717, 1.165) is 5.56 Å². The minimum Gasteiger partial charge on any atom is -0.326 e. The number of benzene rings is 1. The van der Waals surface area contributed by atoms with Gasteiger partial charge in [0.1, 0.15) is 5.21 Å². The predicted octanol–water partition coefficient (Wildman–Crippen LogP) is 1.82. The molecule has 18 heavy (non-hydrogen) atoms. The summed E-state index contributed by atoms with van der Waals surface area (Å²) >= 11 is 5.32. The van der Waals surface area contributed by atoms with Crippen molar-refractivity contribution < 1.29 is 13.2 Å². The fraction of sp³-hybridized carbons (Fsp3) is 0.364. The molecule has 0 aliphatic carbocycles. The van der Waals surface area contributed by atoms with Crippen molar-refractivity contribution in [3.63, 3.8) is 0 Å². The third-order valence-electron chi connectivity index (χ3n) is 2.21. The van der Waals surface area contributed by atoms with Gasteiger partial charge in [0.2, 0.25) is 15.9 Å². The van der Waals surface area contributed by atoms with Crippen molar-refractivity contribution in [3.05, 3.63) is 29.8 Å². The van der Waals surface area contributed by atoms with Crippen LogP contribution < -0.4 is 10.0 Å². The van der Waals surface area contributed by atoms with Gasteiger partial charge in [0.25, 0.3) is 0 Å². The molecule has 1 rings (SSSR count). The average Bonchev–Trinajstić information content (AvgIpc) is 2.28. The van der Waals surface area contributed by atoms with Crippen LogP contribution in [0.5, 0.6) is 0 Å². The normalized spacial score (nSPS) is 13.1. The van der Waals surface area contributed by atoms with Gasteiger partial charge in [-0.3, -0.25) is 4.79 Å². The van der Waals surface area contributed by atoms with E-state index < -0.39 is 21.3 Å². The number of carbonyl (C=O) groups excluding carboxylic acids is 1. The summed E-state index contributed by atoms with van der Waals surface area (Å²) in [7, 11) is -3.47. The molecule has 1 unspecified atom stereocenters. The topological polar surface area (TPSA) is 75.3 Å². The zero-order valence-electron chi connectivity index (χ0n) is 10.1. The highest BCUT2D eigenvalue weighted by molar-refractivity contribution is 7.90. The molecule has 0 spiro atoms. The summed E-state index contributed by atoms with van der Waals surface area (Å²) in [6, 6.07) is 6.54. The third-order valence-corrected chi connectivity index (χ3v) is 4.07. The fourth-order valence-corrected chi connectivity index (χ4v) is 2.38. The minimum atomic E-state index is -3.47. The number of halogens is 1. The van der Waals surface area contributed by atoms with Gasteiger partial charge in [-0.1, -0.05) is 12.1 Å². The molecule has 0 saturated carbocycles. The van der Waals surface area contributed by atoms with Gasteiger partial charge >= 0.3 is 0 Å². The maximum absolute atomic E-state index is 11.3. The summed E-state index contributed by atoms with van der Waals surface area (Å²) in [6.07, 6.45) is 0. The number of hydrogen-bond acceptors (Lipinski definition) is 3. The van der Waals surface area contributed by atoms with E-state index in [2.05, 4.69) is 10.0 Å². The Morgan fingerprint density at radius 3 is 2.67 bits per heavy atom. The van der Waals surface area contributed by atoms with Crippen molar-refractivity contribution in [3.8, 4) is 0 Å². The molecular formula is C11H15ClN2O3S. The van der Waals surface area contributed by atoms with Crippen molar-refractivity contribution in [2.24, 2.45) is 0 Å². The lowest BCUT2D eigenvalue weighted by Gasteiger charge is -2.14.